The van der Waals surface area contributed by atoms with E-state index in [1.807, 2.05) is 0 Å². The van der Waals surface area contributed by atoms with Crippen LogP contribution in [0.25, 0.3) is 0 Å². The minimum atomic E-state index is -0.976. The lowest BCUT2D eigenvalue weighted by atomic mass is 10.2. The molecule has 1 aliphatic rings. The SMILES string of the molecule is NC1=CCNC(C(=O)O)=C1. The molecule has 4 nitrogen and oxygen atoms in total. The maximum atomic E-state index is 10.3. The number of aliphatic carboxylic acids is 1. The summed E-state index contributed by atoms with van der Waals surface area (Å²) in [4.78, 5) is 10.3. The van der Waals surface area contributed by atoms with Crippen LogP contribution < -0.4 is 11.1 Å². The average Bonchev–Trinajstić information content (AvgIpc) is 1.88. The fourth-order valence-electron chi connectivity index (χ4n) is 0.693. The molecule has 0 amide bonds. The molecule has 0 atom stereocenters. The minimum Gasteiger partial charge on any atom is -0.477 e. The fourth-order valence-corrected chi connectivity index (χ4v) is 0.693. The van der Waals surface area contributed by atoms with E-state index < -0.39 is 5.97 Å². The Labute approximate surface area is 58.0 Å². The highest BCUT2D eigenvalue weighted by Gasteiger charge is 2.08. The molecule has 0 aliphatic carbocycles. The number of carboxylic acid groups (broad SMARTS) is 1. The maximum absolute atomic E-state index is 10.3. The normalized spacial score (nSPS) is 16.8. The third-order valence-electron chi connectivity index (χ3n) is 1.17. The Morgan fingerprint density at radius 1 is 1.80 bits per heavy atom. The molecule has 4 heteroatoms. The van der Waals surface area contributed by atoms with Crippen molar-refractivity contribution < 1.29 is 9.90 Å². The van der Waals surface area contributed by atoms with Crippen LogP contribution in [0.2, 0.25) is 0 Å². The molecule has 0 bridgehead atoms. The van der Waals surface area contributed by atoms with E-state index in [0.717, 1.165) is 0 Å². The molecule has 0 radical (unpaired) electrons. The number of carbonyl (C=O) groups is 1. The van der Waals surface area contributed by atoms with Gasteiger partial charge in [-0.25, -0.2) is 4.79 Å². The van der Waals surface area contributed by atoms with Gasteiger partial charge in [-0.05, 0) is 12.2 Å². The third kappa shape index (κ3) is 1.28. The summed E-state index contributed by atoms with van der Waals surface area (Å²) in [6.07, 6.45) is 3.11. The summed E-state index contributed by atoms with van der Waals surface area (Å²) >= 11 is 0. The van der Waals surface area contributed by atoms with Crippen molar-refractivity contribution in [2.45, 2.75) is 0 Å². The second-order valence-electron chi connectivity index (χ2n) is 1.95. The van der Waals surface area contributed by atoms with Crippen LogP contribution >= 0.6 is 0 Å². The zero-order chi connectivity index (χ0) is 7.56. The van der Waals surface area contributed by atoms with E-state index >= 15 is 0 Å². The topological polar surface area (TPSA) is 75.3 Å². The Morgan fingerprint density at radius 3 is 2.90 bits per heavy atom. The van der Waals surface area contributed by atoms with E-state index in [1.54, 1.807) is 6.08 Å². The van der Waals surface area contributed by atoms with Crippen LogP contribution in [-0.4, -0.2) is 17.6 Å². The van der Waals surface area contributed by atoms with Gasteiger partial charge in [0.15, 0.2) is 0 Å². The summed E-state index contributed by atoms with van der Waals surface area (Å²) < 4.78 is 0. The maximum Gasteiger partial charge on any atom is 0.352 e. The molecule has 1 aliphatic heterocycles. The molecule has 10 heavy (non-hydrogen) atoms. The molecule has 0 aromatic heterocycles. The van der Waals surface area contributed by atoms with Gasteiger partial charge in [0.25, 0.3) is 0 Å². The molecule has 1 rings (SSSR count). The van der Waals surface area contributed by atoms with Gasteiger partial charge in [-0.1, -0.05) is 0 Å². The summed E-state index contributed by atoms with van der Waals surface area (Å²) in [5.41, 5.74) is 5.99. The summed E-state index contributed by atoms with van der Waals surface area (Å²) in [5, 5.41) is 11.1. The van der Waals surface area contributed by atoms with E-state index in [-0.39, 0.29) is 5.70 Å². The molecule has 0 aromatic rings. The number of allylic oxidation sites excluding steroid dienone is 1. The standard InChI is InChI=1S/C6H8N2O2/c7-4-1-2-8-5(3-4)6(9)10/h1,3,8H,2,7H2,(H,9,10). The van der Waals surface area contributed by atoms with Gasteiger partial charge < -0.3 is 16.2 Å². The van der Waals surface area contributed by atoms with Crippen molar-refractivity contribution in [2.75, 3.05) is 6.54 Å². The molecular weight excluding hydrogens is 132 g/mol. The highest BCUT2D eigenvalue weighted by Crippen LogP contribution is 1.99. The molecule has 4 N–H and O–H groups in total. The van der Waals surface area contributed by atoms with Crippen LogP contribution in [0, 0.1) is 0 Å². The summed E-state index contributed by atoms with van der Waals surface area (Å²) in [5.74, 6) is -0.976. The molecule has 0 aromatic carbocycles. The minimum absolute atomic E-state index is 0.153. The van der Waals surface area contributed by atoms with Gasteiger partial charge in [0, 0.05) is 12.2 Å². The zero-order valence-corrected chi connectivity index (χ0v) is 5.29. The van der Waals surface area contributed by atoms with Gasteiger partial charge >= 0.3 is 5.97 Å². The van der Waals surface area contributed by atoms with E-state index in [2.05, 4.69) is 5.32 Å². The molecular formula is C6H8N2O2. The molecule has 0 spiro atoms. The van der Waals surface area contributed by atoms with Crippen molar-refractivity contribution in [3.8, 4) is 0 Å². The number of dihydropyridines is 1. The predicted molar refractivity (Wildman–Crippen MR) is 36.0 cm³/mol. The van der Waals surface area contributed by atoms with E-state index in [1.165, 1.54) is 6.08 Å². The lowest BCUT2D eigenvalue weighted by Crippen LogP contribution is -2.24. The van der Waals surface area contributed by atoms with Gasteiger partial charge in [0.2, 0.25) is 0 Å². The Balaban J connectivity index is 2.78. The lowest BCUT2D eigenvalue weighted by Gasteiger charge is -2.09. The van der Waals surface area contributed by atoms with Gasteiger partial charge in [-0.2, -0.15) is 0 Å². The van der Waals surface area contributed by atoms with Gasteiger partial charge in [0.05, 0.1) is 0 Å². The molecule has 0 saturated heterocycles. The molecule has 0 fully saturated rings. The van der Waals surface area contributed by atoms with Crippen molar-refractivity contribution >= 4 is 5.97 Å². The molecule has 0 unspecified atom stereocenters. The van der Waals surface area contributed by atoms with E-state index in [9.17, 15) is 4.79 Å². The third-order valence-corrected chi connectivity index (χ3v) is 1.17. The fraction of sp³-hybridized carbons (Fsp3) is 0.167. The van der Waals surface area contributed by atoms with Crippen LogP contribution in [0.1, 0.15) is 0 Å². The van der Waals surface area contributed by atoms with Crippen molar-refractivity contribution in [3.63, 3.8) is 0 Å². The molecule has 54 valence electrons. The number of rotatable bonds is 1. The van der Waals surface area contributed by atoms with Gasteiger partial charge in [-0.15, -0.1) is 0 Å². The lowest BCUT2D eigenvalue weighted by molar-refractivity contribution is -0.133. The molecule has 0 saturated carbocycles. The van der Waals surface area contributed by atoms with Crippen LogP contribution in [0.5, 0.6) is 0 Å². The van der Waals surface area contributed by atoms with Crippen LogP contribution in [0.3, 0.4) is 0 Å². The van der Waals surface area contributed by atoms with Gasteiger partial charge in [0.1, 0.15) is 5.70 Å². The Bertz CT molecular complexity index is 218. The Kier molecular flexibility index (Phi) is 1.62. The van der Waals surface area contributed by atoms with Crippen LogP contribution in [0.4, 0.5) is 0 Å². The first-order valence-corrected chi connectivity index (χ1v) is 2.84. The predicted octanol–water partition coefficient (Wildman–Crippen LogP) is -0.599. The quantitative estimate of drug-likeness (QED) is 0.454. The van der Waals surface area contributed by atoms with Crippen molar-refractivity contribution in [1.82, 2.24) is 5.32 Å². The number of nitrogens with one attached hydrogen (secondary N) is 1. The van der Waals surface area contributed by atoms with E-state index in [0.29, 0.717) is 12.2 Å². The van der Waals surface area contributed by atoms with Crippen molar-refractivity contribution in [3.05, 3.63) is 23.5 Å². The van der Waals surface area contributed by atoms with Crippen molar-refractivity contribution in [1.29, 1.82) is 0 Å². The van der Waals surface area contributed by atoms with Crippen LogP contribution in [-0.2, 0) is 4.79 Å². The second-order valence-corrected chi connectivity index (χ2v) is 1.95. The van der Waals surface area contributed by atoms with E-state index in [4.69, 9.17) is 10.8 Å². The highest BCUT2D eigenvalue weighted by atomic mass is 16.4. The number of nitrogens with two attached hydrogens (primary N) is 1. The first kappa shape index (κ1) is 6.67. The van der Waals surface area contributed by atoms with Gasteiger partial charge in [-0.3, -0.25) is 0 Å². The second kappa shape index (κ2) is 2.43. The first-order valence-electron chi connectivity index (χ1n) is 2.84. The Hall–Kier alpha value is -1.45. The highest BCUT2D eigenvalue weighted by molar-refractivity contribution is 5.86. The summed E-state index contributed by atoms with van der Waals surface area (Å²) in [6, 6.07) is 0. The number of carboxylic acids is 1. The largest absolute Gasteiger partial charge is 0.477 e. The molecule has 1 heterocycles. The van der Waals surface area contributed by atoms with Crippen LogP contribution in [0.15, 0.2) is 23.5 Å². The monoisotopic (exact) mass is 140 g/mol. The number of hydrogen-bond donors (Lipinski definition) is 3. The summed E-state index contributed by atoms with van der Waals surface area (Å²) in [7, 11) is 0. The number of hydrogen-bond acceptors (Lipinski definition) is 3. The average molecular weight is 140 g/mol. The Morgan fingerprint density at radius 2 is 2.50 bits per heavy atom. The zero-order valence-electron chi connectivity index (χ0n) is 5.29. The first-order chi connectivity index (χ1) is 4.70. The summed E-state index contributed by atoms with van der Waals surface area (Å²) in [6.45, 7) is 0.490. The smallest absolute Gasteiger partial charge is 0.352 e. The van der Waals surface area contributed by atoms with Crippen molar-refractivity contribution in [2.24, 2.45) is 5.73 Å².